The Kier molecular flexibility index (Phi) is 8.04. The average Bonchev–Trinajstić information content (AvgIpc) is 2.71. The van der Waals surface area contributed by atoms with Gasteiger partial charge in [-0.15, -0.1) is 0 Å². The van der Waals surface area contributed by atoms with Crippen LogP contribution >= 0.6 is 0 Å². The molecular weight excluding hydrogens is 412 g/mol. The number of imide groups is 1. The van der Waals surface area contributed by atoms with Gasteiger partial charge in [0.05, 0.1) is 18.9 Å². The molecule has 0 fully saturated rings. The summed E-state index contributed by atoms with van der Waals surface area (Å²) >= 11 is 0. The molecule has 0 aliphatic rings. The molecule has 6 N–H and O–H groups in total. The number of nitrogens with two attached hydrogens (primary N) is 1. The van der Waals surface area contributed by atoms with E-state index < -0.39 is 46.9 Å². The number of carbonyl (C=O) groups excluding carboxylic acids is 3. The molecule has 30 heavy (non-hydrogen) atoms. The van der Waals surface area contributed by atoms with Crippen molar-refractivity contribution < 1.29 is 27.9 Å². The number of aliphatic hydroxyl groups is 1. The SMILES string of the molecule is Nc1ccc(C(=O)NC(=O)CNC(=O)[C@H](CO)NS(=O)(=O)Cc2ccccc2)cc1. The maximum absolute atomic E-state index is 12.2. The zero-order valence-electron chi connectivity index (χ0n) is 15.9. The van der Waals surface area contributed by atoms with E-state index in [9.17, 15) is 27.9 Å². The molecule has 1 atom stereocenters. The van der Waals surface area contributed by atoms with Gasteiger partial charge in [-0.1, -0.05) is 30.3 Å². The Bertz CT molecular complexity index is 993. The van der Waals surface area contributed by atoms with E-state index in [1.807, 2.05) is 0 Å². The minimum absolute atomic E-state index is 0.200. The van der Waals surface area contributed by atoms with Crippen LogP contribution in [-0.2, 0) is 25.4 Å². The van der Waals surface area contributed by atoms with E-state index in [0.717, 1.165) is 0 Å². The summed E-state index contributed by atoms with van der Waals surface area (Å²) < 4.78 is 26.5. The predicted octanol–water partition coefficient (Wildman–Crippen LogP) is -0.878. The van der Waals surface area contributed by atoms with Gasteiger partial charge in [-0.2, -0.15) is 0 Å². The van der Waals surface area contributed by atoms with Crippen LogP contribution in [0.15, 0.2) is 54.6 Å². The minimum atomic E-state index is -3.92. The van der Waals surface area contributed by atoms with Gasteiger partial charge in [-0.3, -0.25) is 19.7 Å². The van der Waals surface area contributed by atoms with Gasteiger partial charge >= 0.3 is 0 Å². The Hall–Kier alpha value is -3.28. The Morgan fingerprint density at radius 1 is 1.00 bits per heavy atom. The van der Waals surface area contributed by atoms with Crippen LogP contribution in [0, 0.1) is 0 Å². The summed E-state index contributed by atoms with van der Waals surface area (Å²) in [5.41, 5.74) is 6.68. The first kappa shape index (κ1) is 23.0. The third kappa shape index (κ3) is 7.28. The average molecular weight is 434 g/mol. The molecule has 10 nitrogen and oxygen atoms in total. The molecule has 0 bridgehead atoms. The fraction of sp³-hybridized carbons (Fsp3) is 0.211. The Morgan fingerprint density at radius 2 is 1.63 bits per heavy atom. The van der Waals surface area contributed by atoms with Gasteiger partial charge in [0.25, 0.3) is 5.91 Å². The fourth-order valence-electron chi connectivity index (χ4n) is 2.39. The summed E-state index contributed by atoms with van der Waals surface area (Å²) in [5, 5.41) is 13.6. The Morgan fingerprint density at radius 3 is 2.23 bits per heavy atom. The number of sulfonamides is 1. The number of carbonyl (C=O) groups is 3. The summed E-state index contributed by atoms with van der Waals surface area (Å²) in [6.45, 7) is -1.40. The molecule has 0 unspecified atom stereocenters. The largest absolute Gasteiger partial charge is 0.399 e. The lowest BCUT2D eigenvalue weighted by molar-refractivity contribution is -0.127. The summed E-state index contributed by atoms with van der Waals surface area (Å²) in [5.74, 6) is -2.79. The van der Waals surface area contributed by atoms with Crippen LogP contribution in [0.1, 0.15) is 15.9 Å². The van der Waals surface area contributed by atoms with Crippen molar-refractivity contribution >= 4 is 33.4 Å². The quantitative estimate of drug-likeness (QED) is 0.319. The van der Waals surface area contributed by atoms with E-state index in [2.05, 4.69) is 15.4 Å². The molecule has 0 heterocycles. The van der Waals surface area contributed by atoms with Crippen LogP contribution in [0.4, 0.5) is 5.69 Å². The lowest BCUT2D eigenvalue weighted by Gasteiger charge is -2.16. The second-order valence-electron chi connectivity index (χ2n) is 6.31. The smallest absolute Gasteiger partial charge is 0.257 e. The monoisotopic (exact) mass is 434 g/mol. The second kappa shape index (κ2) is 10.5. The van der Waals surface area contributed by atoms with E-state index in [0.29, 0.717) is 11.3 Å². The van der Waals surface area contributed by atoms with Crippen LogP contribution in [0.5, 0.6) is 0 Å². The molecule has 160 valence electrons. The number of anilines is 1. The molecule has 0 aliphatic heterocycles. The maximum Gasteiger partial charge on any atom is 0.257 e. The van der Waals surface area contributed by atoms with Crippen molar-refractivity contribution in [1.82, 2.24) is 15.4 Å². The molecular formula is C19H22N4O6S. The van der Waals surface area contributed by atoms with Crippen molar-refractivity contribution in [3.63, 3.8) is 0 Å². The molecule has 0 aromatic heterocycles. The van der Waals surface area contributed by atoms with E-state index in [1.165, 1.54) is 24.3 Å². The van der Waals surface area contributed by atoms with Crippen molar-refractivity contribution in [3.8, 4) is 0 Å². The number of hydrogen-bond donors (Lipinski definition) is 5. The molecule has 3 amide bonds. The number of aliphatic hydroxyl groups excluding tert-OH is 1. The summed E-state index contributed by atoms with van der Waals surface area (Å²) in [6, 6.07) is 12.7. The molecule has 0 saturated heterocycles. The van der Waals surface area contributed by atoms with Crippen molar-refractivity contribution in [2.24, 2.45) is 0 Å². The standard InChI is InChI=1S/C19H22N4O6S/c20-15-8-6-14(7-9-15)18(26)22-17(25)10-21-19(27)16(11-24)23-30(28,29)12-13-4-2-1-3-5-13/h1-9,16,23-24H,10-12,20H2,(H,21,27)(H,22,25,26)/t16-/m0/s1. The zero-order chi connectivity index (χ0) is 22.1. The highest BCUT2D eigenvalue weighted by atomic mass is 32.2. The number of nitrogen functional groups attached to an aromatic ring is 1. The summed E-state index contributed by atoms with van der Waals surface area (Å²) in [4.78, 5) is 35.9. The summed E-state index contributed by atoms with van der Waals surface area (Å²) in [6.07, 6.45) is 0. The fourth-order valence-corrected chi connectivity index (χ4v) is 3.72. The Labute approximate surface area is 173 Å². The third-order valence-electron chi connectivity index (χ3n) is 3.87. The predicted molar refractivity (Wildman–Crippen MR) is 109 cm³/mol. The van der Waals surface area contributed by atoms with E-state index in [1.54, 1.807) is 30.3 Å². The molecule has 0 saturated carbocycles. The van der Waals surface area contributed by atoms with Gasteiger partial charge < -0.3 is 16.2 Å². The molecule has 0 aliphatic carbocycles. The van der Waals surface area contributed by atoms with Crippen LogP contribution in [-0.4, -0.2) is 50.4 Å². The van der Waals surface area contributed by atoms with E-state index in [4.69, 9.17) is 5.73 Å². The highest BCUT2D eigenvalue weighted by Gasteiger charge is 2.24. The van der Waals surface area contributed by atoms with Gasteiger partial charge in [0, 0.05) is 11.3 Å². The topological polar surface area (TPSA) is 168 Å². The minimum Gasteiger partial charge on any atom is -0.399 e. The highest BCUT2D eigenvalue weighted by molar-refractivity contribution is 7.88. The first-order chi connectivity index (χ1) is 14.2. The van der Waals surface area contributed by atoms with Crippen molar-refractivity contribution in [1.29, 1.82) is 0 Å². The number of amides is 3. The lowest BCUT2D eigenvalue weighted by Crippen LogP contribution is -2.51. The van der Waals surface area contributed by atoms with E-state index >= 15 is 0 Å². The van der Waals surface area contributed by atoms with Crippen molar-refractivity contribution in [2.45, 2.75) is 11.8 Å². The Balaban J connectivity index is 1.86. The van der Waals surface area contributed by atoms with Crippen LogP contribution in [0.2, 0.25) is 0 Å². The normalized spacial score (nSPS) is 12.0. The third-order valence-corrected chi connectivity index (χ3v) is 5.23. The molecule has 2 rings (SSSR count). The van der Waals surface area contributed by atoms with Crippen molar-refractivity contribution in [2.75, 3.05) is 18.9 Å². The van der Waals surface area contributed by atoms with Crippen LogP contribution < -0.4 is 21.1 Å². The molecule has 11 heteroatoms. The van der Waals surface area contributed by atoms with E-state index in [-0.39, 0.29) is 11.3 Å². The summed E-state index contributed by atoms with van der Waals surface area (Å²) in [7, 11) is -3.92. The van der Waals surface area contributed by atoms with Crippen LogP contribution in [0.25, 0.3) is 0 Å². The molecule has 0 radical (unpaired) electrons. The number of benzene rings is 2. The van der Waals surface area contributed by atoms with Crippen LogP contribution in [0.3, 0.4) is 0 Å². The molecule has 0 spiro atoms. The first-order valence-corrected chi connectivity index (χ1v) is 10.5. The molecule has 2 aromatic carbocycles. The first-order valence-electron chi connectivity index (χ1n) is 8.82. The number of nitrogens with one attached hydrogen (secondary N) is 3. The zero-order valence-corrected chi connectivity index (χ0v) is 16.7. The van der Waals surface area contributed by atoms with Gasteiger partial charge in [0.15, 0.2) is 0 Å². The van der Waals surface area contributed by atoms with Gasteiger partial charge in [0.2, 0.25) is 21.8 Å². The second-order valence-corrected chi connectivity index (χ2v) is 8.07. The molecule has 2 aromatic rings. The number of rotatable bonds is 9. The maximum atomic E-state index is 12.2. The van der Waals surface area contributed by atoms with Gasteiger partial charge in [-0.05, 0) is 29.8 Å². The van der Waals surface area contributed by atoms with Gasteiger partial charge in [0.1, 0.15) is 6.04 Å². The lowest BCUT2D eigenvalue weighted by atomic mass is 10.2. The number of hydrogen-bond acceptors (Lipinski definition) is 7. The van der Waals surface area contributed by atoms with Gasteiger partial charge in [-0.25, -0.2) is 13.1 Å². The van der Waals surface area contributed by atoms with Crippen molar-refractivity contribution in [3.05, 3.63) is 65.7 Å². The highest BCUT2D eigenvalue weighted by Crippen LogP contribution is 2.06.